The Morgan fingerprint density at radius 3 is 3.16 bits per heavy atom. The van der Waals surface area contributed by atoms with E-state index < -0.39 is 0 Å². The van der Waals surface area contributed by atoms with E-state index in [4.69, 9.17) is 5.26 Å². The van der Waals surface area contributed by atoms with Crippen LogP contribution in [-0.4, -0.2) is 32.1 Å². The number of rotatable bonds is 4. The average molecular weight is 258 g/mol. The first-order chi connectivity index (χ1) is 9.31. The van der Waals surface area contributed by atoms with E-state index in [-0.39, 0.29) is 5.91 Å². The Bertz CT molecular complexity index is 481. The van der Waals surface area contributed by atoms with Crippen molar-refractivity contribution in [2.75, 3.05) is 31.1 Å². The summed E-state index contributed by atoms with van der Waals surface area (Å²) in [6.07, 6.45) is 0.351. The Morgan fingerprint density at radius 2 is 2.32 bits per heavy atom. The average Bonchev–Trinajstić information content (AvgIpc) is 2.62. The summed E-state index contributed by atoms with van der Waals surface area (Å²) in [6.45, 7) is 3.26. The molecular formula is C14H18N4O. The van der Waals surface area contributed by atoms with Crippen LogP contribution in [0.2, 0.25) is 0 Å². The molecule has 100 valence electrons. The molecule has 0 fully saturated rings. The monoisotopic (exact) mass is 258 g/mol. The Kier molecular flexibility index (Phi) is 4.76. The predicted octanol–water partition coefficient (Wildman–Crippen LogP) is 0.626. The lowest BCUT2D eigenvalue weighted by Crippen LogP contribution is -2.39. The Hall–Kier alpha value is -2.06. The second-order valence-corrected chi connectivity index (χ2v) is 4.49. The first kappa shape index (κ1) is 13.4. The van der Waals surface area contributed by atoms with Crippen LogP contribution in [0.4, 0.5) is 5.69 Å². The number of amides is 1. The Morgan fingerprint density at radius 1 is 1.47 bits per heavy atom. The molecule has 5 nitrogen and oxygen atoms in total. The van der Waals surface area contributed by atoms with E-state index >= 15 is 0 Å². The zero-order valence-corrected chi connectivity index (χ0v) is 10.9. The summed E-state index contributed by atoms with van der Waals surface area (Å²) in [7, 11) is 0. The molecule has 0 radical (unpaired) electrons. The van der Waals surface area contributed by atoms with Crippen LogP contribution >= 0.6 is 0 Å². The highest BCUT2D eigenvalue weighted by Crippen LogP contribution is 2.21. The molecule has 0 aromatic heterocycles. The molecule has 1 aliphatic heterocycles. The minimum Gasteiger partial charge on any atom is -0.361 e. The Balaban J connectivity index is 2.00. The Labute approximate surface area is 113 Å². The molecule has 1 aromatic rings. The predicted molar refractivity (Wildman–Crippen MR) is 73.6 cm³/mol. The van der Waals surface area contributed by atoms with Gasteiger partial charge in [-0.25, -0.2) is 0 Å². The summed E-state index contributed by atoms with van der Waals surface area (Å²) >= 11 is 0. The fraction of sp³-hybridized carbons (Fsp3) is 0.429. The van der Waals surface area contributed by atoms with Gasteiger partial charge in [-0.1, -0.05) is 18.2 Å². The van der Waals surface area contributed by atoms with Crippen molar-refractivity contribution in [2.24, 2.45) is 0 Å². The van der Waals surface area contributed by atoms with Crippen molar-refractivity contribution in [1.29, 1.82) is 5.26 Å². The minimum absolute atomic E-state index is 0.0352. The molecule has 2 N–H and O–H groups in total. The molecule has 0 saturated heterocycles. The SMILES string of the molecule is N#CCCNC(=O)CN1CCNCc2ccccc21. The van der Waals surface area contributed by atoms with Crippen LogP contribution in [0.5, 0.6) is 0 Å². The van der Waals surface area contributed by atoms with Crippen LogP contribution in [0.1, 0.15) is 12.0 Å². The number of carbonyl (C=O) groups excluding carboxylic acids is 1. The fourth-order valence-corrected chi connectivity index (χ4v) is 2.18. The molecule has 0 spiro atoms. The highest BCUT2D eigenvalue weighted by atomic mass is 16.2. The van der Waals surface area contributed by atoms with Gasteiger partial charge in [-0.3, -0.25) is 4.79 Å². The van der Waals surface area contributed by atoms with Gasteiger partial charge < -0.3 is 15.5 Å². The number of nitrogens with one attached hydrogen (secondary N) is 2. The normalized spacial score (nSPS) is 14.2. The molecule has 0 bridgehead atoms. The number of nitrogens with zero attached hydrogens (tertiary/aromatic N) is 2. The maximum Gasteiger partial charge on any atom is 0.239 e. The van der Waals surface area contributed by atoms with Gasteiger partial charge in [0.25, 0.3) is 0 Å². The minimum atomic E-state index is -0.0352. The first-order valence-electron chi connectivity index (χ1n) is 6.48. The largest absolute Gasteiger partial charge is 0.361 e. The lowest BCUT2D eigenvalue weighted by atomic mass is 10.1. The summed E-state index contributed by atoms with van der Waals surface area (Å²) in [5.74, 6) is -0.0352. The highest BCUT2D eigenvalue weighted by molar-refractivity contribution is 5.81. The van der Waals surface area contributed by atoms with E-state index in [0.29, 0.717) is 19.5 Å². The van der Waals surface area contributed by atoms with E-state index in [1.54, 1.807) is 0 Å². The van der Waals surface area contributed by atoms with Gasteiger partial charge in [0.05, 0.1) is 19.0 Å². The van der Waals surface area contributed by atoms with E-state index in [0.717, 1.165) is 25.3 Å². The van der Waals surface area contributed by atoms with Crippen LogP contribution in [0, 0.1) is 11.3 Å². The van der Waals surface area contributed by atoms with Crippen LogP contribution in [0.25, 0.3) is 0 Å². The lowest BCUT2D eigenvalue weighted by molar-refractivity contribution is -0.119. The molecule has 5 heteroatoms. The van der Waals surface area contributed by atoms with Gasteiger partial charge in [-0.05, 0) is 11.6 Å². The molecule has 0 aliphatic carbocycles. The lowest BCUT2D eigenvalue weighted by Gasteiger charge is -2.23. The first-order valence-corrected chi connectivity index (χ1v) is 6.48. The molecule has 1 aliphatic rings. The van der Waals surface area contributed by atoms with Gasteiger partial charge in [0.2, 0.25) is 5.91 Å². The molecule has 1 aromatic carbocycles. The maximum absolute atomic E-state index is 11.8. The zero-order valence-electron chi connectivity index (χ0n) is 10.9. The van der Waals surface area contributed by atoms with E-state index in [9.17, 15) is 4.79 Å². The second-order valence-electron chi connectivity index (χ2n) is 4.49. The quantitative estimate of drug-likeness (QED) is 0.777. The third kappa shape index (κ3) is 3.70. The number of fused-ring (bicyclic) bond motifs is 1. The van der Waals surface area contributed by atoms with Crippen LogP contribution in [0.15, 0.2) is 24.3 Å². The van der Waals surface area contributed by atoms with Crippen molar-refractivity contribution in [3.8, 4) is 6.07 Å². The summed E-state index contributed by atoms with van der Waals surface area (Å²) in [5.41, 5.74) is 2.33. The number of benzene rings is 1. The summed E-state index contributed by atoms with van der Waals surface area (Å²) in [6, 6.07) is 10.1. The molecule has 1 amide bonds. The van der Waals surface area contributed by atoms with Crippen molar-refractivity contribution in [3.63, 3.8) is 0 Å². The number of hydrogen-bond acceptors (Lipinski definition) is 4. The third-order valence-electron chi connectivity index (χ3n) is 3.10. The smallest absolute Gasteiger partial charge is 0.239 e. The summed E-state index contributed by atoms with van der Waals surface area (Å²) < 4.78 is 0. The van der Waals surface area contributed by atoms with Crippen LogP contribution in [-0.2, 0) is 11.3 Å². The van der Waals surface area contributed by atoms with Crippen molar-refractivity contribution < 1.29 is 4.79 Å². The molecule has 0 saturated carbocycles. The van der Waals surface area contributed by atoms with Crippen molar-refractivity contribution in [3.05, 3.63) is 29.8 Å². The summed E-state index contributed by atoms with van der Waals surface area (Å²) in [5, 5.41) is 14.5. The van der Waals surface area contributed by atoms with Crippen molar-refractivity contribution >= 4 is 11.6 Å². The topological polar surface area (TPSA) is 68.2 Å². The van der Waals surface area contributed by atoms with Gasteiger partial charge in [0.15, 0.2) is 0 Å². The van der Waals surface area contributed by atoms with E-state index in [1.165, 1.54) is 5.56 Å². The van der Waals surface area contributed by atoms with E-state index in [2.05, 4.69) is 21.6 Å². The molecule has 0 atom stereocenters. The van der Waals surface area contributed by atoms with Crippen molar-refractivity contribution in [1.82, 2.24) is 10.6 Å². The van der Waals surface area contributed by atoms with E-state index in [1.807, 2.05) is 24.3 Å². The number of anilines is 1. The molecule has 19 heavy (non-hydrogen) atoms. The molecule has 2 rings (SSSR count). The standard InChI is InChI=1S/C14H18N4O/c15-6-3-7-17-14(19)11-18-9-8-16-10-12-4-1-2-5-13(12)18/h1-2,4-5,16H,3,7-11H2,(H,17,19). The van der Waals surface area contributed by atoms with Crippen molar-refractivity contribution in [2.45, 2.75) is 13.0 Å². The van der Waals surface area contributed by atoms with Gasteiger partial charge in [0.1, 0.15) is 0 Å². The fourth-order valence-electron chi connectivity index (χ4n) is 2.18. The number of nitriles is 1. The van der Waals surface area contributed by atoms with Gasteiger partial charge >= 0.3 is 0 Å². The van der Waals surface area contributed by atoms with Crippen LogP contribution < -0.4 is 15.5 Å². The zero-order chi connectivity index (χ0) is 13.5. The number of carbonyl (C=O) groups is 1. The van der Waals surface area contributed by atoms with Crippen LogP contribution in [0.3, 0.4) is 0 Å². The number of hydrogen-bond donors (Lipinski definition) is 2. The van der Waals surface area contributed by atoms with Gasteiger partial charge in [-0.15, -0.1) is 0 Å². The second kappa shape index (κ2) is 6.76. The number of para-hydroxylation sites is 1. The van der Waals surface area contributed by atoms with Gasteiger partial charge in [-0.2, -0.15) is 5.26 Å². The van der Waals surface area contributed by atoms with Gasteiger partial charge in [0, 0.05) is 31.9 Å². The molecule has 0 unspecified atom stereocenters. The highest BCUT2D eigenvalue weighted by Gasteiger charge is 2.16. The molecular weight excluding hydrogens is 240 g/mol. The summed E-state index contributed by atoms with van der Waals surface area (Å²) in [4.78, 5) is 13.9. The maximum atomic E-state index is 11.8. The third-order valence-corrected chi connectivity index (χ3v) is 3.10. The molecule has 1 heterocycles.